The lowest BCUT2D eigenvalue weighted by Gasteiger charge is -2.34. The van der Waals surface area contributed by atoms with Crippen molar-refractivity contribution >= 4 is 16.1 Å². The van der Waals surface area contributed by atoms with Crippen molar-refractivity contribution in [1.82, 2.24) is 9.21 Å². The largest absolute Gasteiger partial charge is 0.434 e. The lowest BCUT2D eigenvalue weighted by Crippen LogP contribution is -2.53. The van der Waals surface area contributed by atoms with Crippen molar-refractivity contribution < 1.29 is 57.5 Å². The van der Waals surface area contributed by atoms with Gasteiger partial charge in [0.1, 0.15) is 4.90 Å². The van der Waals surface area contributed by atoms with Crippen molar-refractivity contribution in [3.05, 3.63) is 29.8 Å². The Balaban J connectivity index is 2.09. The average Bonchev–Trinajstić information content (AvgIpc) is 2.63. The molecule has 1 fully saturated rings. The standard InChI is InChI=1S/C15H11F9N2O4S/c16-13(17,18)9-2-1-3-10(8-9)31(28,29)26-6-4-25(5-7-26)12(27)30-11(14(19,20)21)15(22,23)24/h2,8,11H,4-7H2. The Morgan fingerprint density at radius 3 is 1.94 bits per heavy atom. The molecule has 6 nitrogen and oxygen atoms in total. The van der Waals surface area contributed by atoms with Gasteiger partial charge < -0.3 is 9.64 Å². The number of piperazine rings is 1. The molecule has 1 aliphatic heterocycles. The Hall–Kier alpha value is -2.41. The molecule has 0 saturated carbocycles. The van der Waals surface area contributed by atoms with E-state index in [9.17, 15) is 52.7 Å². The molecular formula is C15H11F9N2O4S. The normalized spacial score (nSPS) is 16.9. The van der Waals surface area contributed by atoms with Crippen LogP contribution in [0.15, 0.2) is 17.0 Å². The van der Waals surface area contributed by atoms with Crippen molar-refractivity contribution in [1.29, 1.82) is 0 Å². The van der Waals surface area contributed by atoms with Gasteiger partial charge in [0.05, 0.1) is 5.56 Å². The van der Waals surface area contributed by atoms with Crippen molar-refractivity contribution in [3.63, 3.8) is 0 Å². The molecule has 0 N–H and O–H groups in total. The van der Waals surface area contributed by atoms with Crippen LogP contribution in [0.4, 0.5) is 44.3 Å². The van der Waals surface area contributed by atoms with E-state index in [0.29, 0.717) is 21.3 Å². The number of carbonyl (C=O) groups is 1. The zero-order chi connectivity index (χ0) is 23.8. The summed E-state index contributed by atoms with van der Waals surface area (Å²) < 4.78 is 142. The lowest BCUT2D eigenvalue weighted by atomic mass is 10.2. The van der Waals surface area contributed by atoms with Gasteiger partial charge >= 0.3 is 24.6 Å². The van der Waals surface area contributed by atoms with E-state index in [1.807, 2.05) is 12.1 Å². The smallest absolute Gasteiger partial charge is 0.426 e. The van der Waals surface area contributed by atoms with Crippen LogP contribution in [0.2, 0.25) is 0 Å². The molecule has 1 aromatic rings. The van der Waals surface area contributed by atoms with Crippen LogP contribution in [0.3, 0.4) is 0 Å². The average molecular weight is 486 g/mol. The van der Waals surface area contributed by atoms with Crippen LogP contribution in [0.1, 0.15) is 5.56 Å². The molecule has 0 radical (unpaired) electrons. The van der Waals surface area contributed by atoms with E-state index in [4.69, 9.17) is 0 Å². The predicted molar refractivity (Wildman–Crippen MR) is 81.8 cm³/mol. The molecule has 1 aromatic carbocycles. The molecule has 1 saturated heterocycles. The first-order valence-electron chi connectivity index (χ1n) is 8.04. The Morgan fingerprint density at radius 1 is 0.968 bits per heavy atom. The van der Waals surface area contributed by atoms with Crippen LogP contribution in [0, 0.1) is 12.1 Å². The molecule has 1 heterocycles. The van der Waals surface area contributed by atoms with Gasteiger partial charge in [-0.25, -0.2) is 13.2 Å². The van der Waals surface area contributed by atoms with Gasteiger partial charge in [-0.3, -0.25) is 0 Å². The van der Waals surface area contributed by atoms with Crippen molar-refractivity contribution in [3.8, 4) is 0 Å². The molecule has 0 atom stereocenters. The zero-order valence-electron chi connectivity index (χ0n) is 14.9. The Morgan fingerprint density at radius 2 is 1.48 bits per heavy atom. The van der Waals surface area contributed by atoms with Gasteiger partial charge in [-0.05, 0) is 12.1 Å². The summed E-state index contributed by atoms with van der Waals surface area (Å²) in [5.74, 6) is 0. The molecular weight excluding hydrogens is 475 g/mol. The number of sulfonamides is 1. The van der Waals surface area contributed by atoms with Gasteiger partial charge in [-0.1, -0.05) is 6.07 Å². The first-order chi connectivity index (χ1) is 13.9. The van der Waals surface area contributed by atoms with Crippen LogP contribution in [-0.2, 0) is 20.9 Å². The first-order valence-corrected chi connectivity index (χ1v) is 9.48. The van der Waals surface area contributed by atoms with Crippen molar-refractivity contribution in [2.24, 2.45) is 0 Å². The molecule has 1 aliphatic rings. The molecule has 16 heteroatoms. The van der Waals surface area contributed by atoms with Crippen LogP contribution >= 0.6 is 0 Å². The fraction of sp³-hybridized carbons (Fsp3) is 0.533. The van der Waals surface area contributed by atoms with Crippen LogP contribution in [0.25, 0.3) is 0 Å². The second kappa shape index (κ2) is 8.26. The lowest BCUT2D eigenvalue weighted by molar-refractivity contribution is -0.308. The molecule has 1 amide bonds. The number of ether oxygens (including phenoxy) is 1. The summed E-state index contributed by atoms with van der Waals surface area (Å²) in [6, 6.07) is 4.67. The van der Waals surface area contributed by atoms with E-state index in [1.165, 1.54) is 0 Å². The second-order valence-electron chi connectivity index (χ2n) is 6.11. The van der Waals surface area contributed by atoms with Crippen molar-refractivity contribution in [2.75, 3.05) is 26.2 Å². The minimum absolute atomic E-state index is 0.295. The van der Waals surface area contributed by atoms with E-state index in [0.717, 1.165) is 0 Å². The molecule has 31 heavy (non-hydrogen) atoms. The summed E-state index contributed by atoms with van der Waals surface area (Å²) >= 11 is 0. The third kappa shape index (κ3) is 5.85. The van der Waals surface area contributed by atoms with E-state index < -0.39 is 77.4 Å². The molecule has 0 spiro atoms. The SMILES string of the molecule is O=C(OC(C(F)(F)F)C(F)(F)F)N1CCN(S(=O)(=O)c2c#ccc(C(F)(F)F)c2)CC1. The number of hydrogen-bond donors (Lipinski definition) is 0. The highest BCUT2D eigenvalue weighted by molar-refractivity contribution is 7.89. The van der Waals surface area contributed by atoms with Crippen LogP contribution < -0.4 is 0 Å². The summed E-state index contributed by atoms with van der Waals surface area (Å²) in [4.78, 5) is 11.2. The number of halogens is 9. The molecule has 0 aromatic heterocycles. The number of amides is 1. The third-order valence-corrected chi connectivity index (χ3v) is 5.79. The van der Waals surface area contributed by atoms with E-state index in [-0.39, 0.29) is 0 Å². The van der Waals surface area contributed by atoms with Gasteiger partial charge in [0.25, 0.3) is 16.1 Å². The highest BCUT2D eigenvalue weighted by Crippen LogP contribution is 2.36. The summed E-state index contributed by atoms with van der Waals surface area (Å²) in [6.45, 7) is -2.57. The van der Waals surface area contributed by atoms with Gasteiger partial charge in [0, 0.05) is 32.2 Å². The fourth-order valence-electron chi connectivity index (χ4n) is 2.45. The zero-order valence-corrected chi connectivity index (χ0v) is 15.7. The summed E-state index contributed by atoms with van der Waals surface area (Å²) in [5, 5.41) is 0. The van der Waals surface area contributed by atoms with Crippen LogP contribution in [0.5, 0.6) is 0 Å². The third-order valence-electron chi connectivity index (χ3n) is 3.96. The van der Waals surface area contributed by atoms with E-state index >= 15 is 0 Å². The fourth-order valence-corrected chi connectivity index (χ4v) is 3.84. The summed E-state index contributed by atoms with van der Waals surface area (Å²) in [7, 11) is -4.56. The first kappa shape index (κ1) is 24.9. The Kier molecular flexibility index (Phi) is 6.62. The quantitative estimate of drug-likeness (QED) is 0.616. The molecule has 0 aliphatic carbocycles. The molecule has 174 valence electrons. The summed E-state index contributed by atoms with van der Waals surface area (Å²) in [6.07, 6.45) is -23.1. The van der Waals surface area contributed by atoms with Crippen molar-refractivity contribution in [2.45, 2.75) is 29.5 Å². The molecule has 2 rings (SSSR count). The Labute approximate surface area is 169 Å². The van der Waals surface area contributed by atoms with Gasteiger partial charge in [-0.2, -0.15) is 43.8 Å². The number of nitrogens with zero attached hydrogens (tertiary/aromatic N) is 2. The predicted octanol–water partition coefficient (Wildman–Crippen LogP) is 3.24. The maximum atomic E-state index is 12.7. The maximum absolute atomic E-state index is 12.7. The topological polar surface area (TPSA) is 66.9 Å². The Bertz CT molecular complexity index is 890. The monoisotopic (exact) mass is 486 g/mol. The van der Waals surface area contributed by atoms with E-state index in [1.54, 1.807) is 0 Å². The van der Waals surface area contributed by atoms with Gasteiger partial charge in [-0.15, -0.1) is 0 Å². The van der Waals surface area contributed by atoms with Gasteiger partial charge in [0.2, 0.25) is 0 Å². The van der Waals surface area contributed by atoms with Crippen LogP contribution in [-0.4, -0.2) is 68.4 Å². The number of alkyl halides is 9. The summed E-state index contributed by atoms with van der Waals surface area (Å²) in [5.41, 5.74) is -1.32. The minimum atomic E-state index is -5.92. The number of carbonyl (C=O) groups excluding carboxylic acids is 1. The molecule has 0 unspecified atom stereocenters. The highest BCUT2D eigenvalue weighted by Gasteiger charge is 2.60. The number of hydrogen-bond acceptors (Lipinski definition) is 4. The number of rotatable bonds is 3. The highest BCUT2D eigenvalue weighted by atomic mass is 32.2. The van der Waals surface area contributed by atoms with Gasteiger partial charge in [0.15, 0.2) is 0 Å². The minimum Gasteiger partial charge on any atom is -0.426 e. The van der Waals surface area contributed by atoms with E-state index in [2.05, 4.69) is 4.74 Å². The maximum Gasteiger partial charge on any atom is 0.434 e. The second-order valence-corrected chi connectivity index (χ2v) is 8.02. The molecule has 0 bridgehead atoms.